The Hall–Kier alpha value is -0.870. The molecule has 1 heterocycles. The average molecular weight is 184 g/mol. The predicted molar refractivity (Wildman–Crippen MR) is 49.9 cm³/mol. The molecule has 1 aromatic heterocycles. The van der Waals surface area contributed by atoms with Crippen molar-refractivity contribution in [2.45, 2.75) is 13.0 Å². The first-order chi connectivity index (χ1) is 5.74. The van der Waals surface area contributed by atoms with E-state index in [9.17, 15) is 4.79 Å². The second kappa shape index (κ2) is 4.23. The van der Waals surface area contributed by atoms with E-state index < -0.39 is 0 Å². The second-order valence-corrected chi connectivity index (χ2v) is 3.49. The minimum absolute atomic E-state index is 0.0513. The molecule has 66 valence electrons. The van der Waals surface area contributed by atoms with E-state index in [-0.39, 0.29) is 18.5 Å². The first kappa shape index (κ1) is 9.22. The van der Waals surface area contributed by atoms with Crippen LogP contribution < -0.4 is 11.1 Å². The van der Waals surface area contributed by atoms with Crippen molar-refractivity contribution in [2.24, 2.45) is 5.73 Å². The standard InChI is InChI=1S/C8H12N2OS/c1-6(10-8(11)5-9)7-3-2-4-12-7/h2-4,6H,5,9H2,1H3,(H,10,11)/t6-/m1/s1. The van der Waals surface area contributed by atoms with E-state index in [1.54, 1.807) is 11.3 Å². The second-order valence-electron chi connectivity index (χ2n) is 2.51. The molecule has 0 fully saturated rings. The molecule has 0 aliphatic heterocycles. The first-order valence-corrected chi connectivity index (χ1v) is 4.65. The van der Waals surface area contributed by atoms with Crippen molar-refractivity contribution in [2.75, 3.05) is 6.54 Å². The number of nitrogens with two attached hydrogens (primary N) is 1. The largest absolute Gasteiger partial charge is 0.348 e. The summed E-state index contributed by atoms with van der Waals surface area (Å²) in [5.41, 5.74) is 5.17. The van der Waals surface area contributed by atoms with Gasteiger partial charge in [0, 0.05) is 4.88 Å². The molecule has 3 N–H and O–H groups in total. The zero-order chi connectivity index (χ0) is 8.97. The molecule has 4 heteroatoms. The maximum atomic E-state index is 10.9. The van der Waals surface area contributed by atoms with Crippen molar-refractivity contribution < 1.29 is 4.79 Å². The van der Waals surface area contributed by atoms with Crippen LogP contribution in [-0.4, -0.2) is 12.5 Å². The number of hydrogen-bond donors (Lipinski definition) is 2. The van der Waals surface area contributed by atoms with Crippen molar-refractivity contribution in [3.05, 3.63) is 22.4 Å². The quantitative estimate of drug-likeness (QED) is 0.732. The Balaban J connectivity index is 2.49. The molecule has 3 nitrogen and oxygen atoms in total. The lowest BCUT2D eigenvalue weighted by atomic mass is 10.3. The summed E-state index contributed by atoms with van der Waals surface area (Å²) < 4.78 is 0. The van der Waals surface area contributed by atoms with Crippen LogP contribution in [0.5, 0.6) is 0 Å². The van der Waals surface area contributed by atoms with E-state index in [1.807, 2.05) is 24.4 Å². The Labute approximate surface area is 75.6 Å². The number of rotatable bonds is 3. The van der Waals surface area contributed by atoms with Crippen LogP contribution >= 0.6 is 11.3 Å². The summed E-state index contributed by atoms with van der Waals surface area (Å²) in [6.45, 7) is 2.00. The molecule has 1 rings (SSSR count). The van der Waals surface area contributed by atoms with Crippen LogP contribution in [0.4, 0.5) is 0 Å². The Morgan fingerprint density at radius 3 is 3.08 bits per heavy atom. The highest BCUT2D eigenvalue weighted by molar-refractivity contribution is 7.10. The molecule has 0 aromatic carbocycles. The molecule has 0 saturated carbocycles. The van der Waals surface area contributed by atoms with Crippen LogP contribution in [0.1, 0.15) is 17.8 Å². The van der Waals surface area contributed by atoms with Gasteiger partial charge in [-0.05, 0) is 18.4 Å². The molecule has 0 aliphatic carbocycles. The molecular weight excluding hydrogens is 172 g/mol. The van der Waals surface area contributed by atoms with Gasteiger partial charge in [0.2, 0.25) is 5.91 Å². The van der Waals surface area contributed by atoms with Gasteiger partial charge >= 0.3 is 0 Å². The Morgan fingerprint density at radius 1 is 1.83 bits per heavy atom. The molecule has 0 bridgehead atoms. The monoisotopic (exact) mass is 184 g/mol. The molecule has 1 aromatic rings. The van der Waals surface area contributed by atoms with Crippen molar-refractivity contribution >= 4 is 17.2 Å². The summed E-state index contributed by atoms with van der Waals surface area (Å²) in [5.74, 6) is -0.115. The first-order valence-electron chi connectivity index (χ1n) is 3.77. The Kier molecular flexibility index (Phi) is 3.25. The van der Waals surface area contributed by atoms with Gasteiger partial charge in [-0.25, -0.2) is 0 Å². The van der Waals surface area contributed by atoms with Gasteiger partial charge in [0.1, 0.15) is 0 Å². The highest BCUT2D eigenvalue weighted by Gasteiger charge is 2.07. The normalized spacial score (nSPS) is 12.5. The average Bonchev–Trinajstić information content (AvgIpc) is 2.56. The van der Waals surface area contributed by atoms with Crippen molar-refractivity contribution in [1.82, 2.24) is 5.32 Å². The smallest absolute Gasteiger partial charge is 0.234 e. The van der Waals surface area contributed by atoms with Crippen LogP contribution in [-0.2, 0) is 4.79 Å². The fourth-order valence-electron chi connectivity index (χ4n) is 0.909. The third kappa shape index (κ3) is 2.32. The third-order valence-electron chi connectivity index (χ3n) is 1.53. The fraction of sp³-hybridized carbons (Fsp3) is 0.375. The zero-order valence-corrected chi connectivity index (χ0v) is 7.73. The van der Waals surface area contributed by atoms with Gasteiger partial charge in [0.15, 0.2) is 0 Å². The van der Waals surface area contributed by atoms with Gasteiger partial charge in [-0.15, -0.1) is 11.3 Å². The number of thiophene rings is 1. The number of amides is 1. The molecule has 1 amide bonds. The zero-order valence-electron chi connectivity index (χ0n) is 6.91. The summed E-state index contributed by atoms with van der Waals surface area (Å²) >= 11 is 1.63. The maximum Gasteiger partial charge on any atom is 0.234 e. The van der Waals surface area contributed by atoms with E-state index in [2.05, 4.69) is 5.32 Å². The van der Waals surface area contributed by atoms with Crippen molar-refractivity contribution in [3.8, 4) is 0 Å². The number of carbonyl (C=O) groups is 1. The molecule has 1 atom stereocenters. The lowest BCUT2D eigenvalue weighted by Crippen LogP contribution is -2.31. The summed E-state index contributed by atoms with van der Waals surface area (Å²) in [7, 11) is 0. The minimum Gasteiger partial charge on any atom is -0.348 e. The maximum absolute atomic E-state index is 10.9. The molecule has 0 aliphatic rings. The van der Waals surface area contributed by atoms with Crippen LogP contribution in [0.3, 0.4) is 0 Å². The Morgan fingerprint density at radius 2 is 2.58 bits per heavy atom. The van der Waals surface area contributed by atoms with Crippen LogP contribution in [0.2, 0.25) is 0 Å². The highest BCUT2D eigenvalue weighted by atomic mass is 32.1. The topological polar surface area (TPSA) is 55.1 Å². The van der Waals surface area contributed by atoms with Gasteiger partial charge in [-0.1, -0.05) is 6.07 Å². The number of hydrogen-bond acceptors (Lipinski definition) is 3. The molecule has 0 radical (unpaired) electrons. The van der Waals surface area contributed by atoms with E-state index in [1.165, 1.54) is 0 Å². The van der Waals surface area contributed by atoms with Gasteiger partial charge in [-0.3, -0.25) is 4.79 Å². The van der Waals surface area contributed by atoms with Gasteiger partial charge < -0.3 is 11.1 Å². The van der Waals surface area contributed by atoms with Gasteiger partial charge in [-0.2, -0.15) is 0 Å². The summed E-state index contributed by atoms with van der Waals surface area (Å²) in [5, 5.41) is 4.76. The van der Waals surface area contributed by atoms with Gasteiger partial charge in [0.05, 0.1) is 12.6 Å². The van der Waals surface area contributed by atoms with E-state index in [4.69, 9.17) is 5.73 Å². The Bertz CT molecular complexity index is 246. The van der Waals surface area contributed by atoms with E-state index in [0.29, 0.717) is 0 Å². The summed E-state index contributed by atoms with van der Waals surface area (Å²) in [4.78, 5) is 12.0. The molecular formula is C8H12N2OS. The third-order valence-corrected chi connectivity index (χ3v) is 2.59. The highest BCUT2D eigenvalue weighted by Crippen LogP contribution is 2.17. The van der Waals surface area contributed by atoms with Gasteiger partial charge in [0.25, 0.3) is 0 Å². The van der Waals surface area contributed by atoms with Crippen molar-refractivity contribution in [1.29, 1.82) is 0 Å². The van der Waals surface area contributed by atoms with Crippen LogP contribution in [0, 0.1) is 0 Å². The molecule has 12 heavy (non-hydrogen) atoms. The molecule has 0 unspecified atom stereocenters. The molecule has 0 spiro atoms. The number of nitrogens with one attached hydrogen (secondary N) is 1. The lowest BCUT2D eigenvalue weighted by molar-refractivity contribution is -0.120. The fourth-order valence-corrected chi connectivity index (χ4v) is 1.64. The lowest BCUT2D eigenvalue weighted by Gasteiger charge is -2.10. The predicted octanol–water partition coefficient (Wildman–Crippen LogP) is 0.884. The summed E-state index contributed by atoms with van der Waals surface area (Å²) in [6.07, 6.45) is 0. The van der Waals surface area contributed by atoms with Crippen LogP contribution in [0.15, 0.2) is 17.5 Å². The van der Waals surface area contributed by atoms with E-state index in [0.717, 1.165) is 4.88 Å². The SMILES string of the molecule is C[C@@H](NC(=O)CN)c1cccs1. The number of carbonyl (C=O) groups excluding carboxylic acids is 1. The van der Waals surface area contributed by atoms with E-state index >= 15 is 0 Å². The van der Waals surface area contributed by atoms with Crippen LogP contribution in [0.25, 0.3) is 0 Å². The molecule has 0 saturated heterocycles. The summed E-state index contributed by atoms with van der Waals surface area (Å²) in [6, 6.07) is 4.03. The minimum atomic E-state index is -0.115. The van der Waals surface area contributed by atoms with Crippen molar-refractivity contribution in [3.63, 3.8) is 0 Å².